The maximum Gasteiger partial charge on any atom is 0.338 e. The summed E-state index contributed by atoms with van der Waals surface area (Å²) >= 11 is 0. The predicted molar refractivity (Wildman–Crippen MR) is 60.9 cm³/mol. The average Bonchev–Trinajstić information content (AvgIpc) is 2.24. The Morgan fingerprint density at radius 2 is 2.12 bits per heavy atom. The van der Waals surface area contributed by atoms with Crippen molar-refractivity contribution >= 4 is 5.97 Å². The zero-order valence-corrected chi connectivity index (χ0v) is 9.75. The van der Waals surface area contributed by atoms with E-state index in [0.717, 1.165) is 19.3 Å². The first kappa shape index (κ1) is 12.7. The number of hydrogen-bond donors (Lipinski definition) is 0. The van der Waals surface area contributed by atoms with Gasteiger partial charge in [0.05, 0.1) is 12.2 Å². The van der Waals surface area contributed by atoms with Gasteiger partial charge in [-0.2, -0.15) is 0 Å². The van der Waals surface area contributed by atoms with Crippen LogP contribution in [-0.4, -0.2) is 12.6 Å². The van der Waals surface area contributed by atoms with Crippen molar-refractivity contribution in [2.24, 2.45) is 0 Å². The Labute approximate surface area is 95.4 Å². The monoisotopic (exact) mass is 224 g/mol. The molecule has 0 unspecified atom stereocenters. The molecule has 0 heterocycles. The van der Waals surface area contributed by atoms with E-state index in [-0.39, 0.29) is 11.8 Å². The standard InChI is InChI=1S/C13H17FO2/c1-3-4-5-8-16-13(15)12-7-6-11(14)9-10(12)2/h6-7,9H,3-5,8H2,1-2H3. The molecule has 0 spiro atoms. The molecule has 0 amide bonds. The van der Waals surface area contributed by atoms with E-state index in [9.17, 15) is 9.18 Å². The van der Waals surface area contributed by atoms with Crippen molar-refractivity contribution in [1.29, 1.82) is 0 Å². The van der Waals surface area contributed by atoms with E-state index in [1.165, 1.54) is 18.2 Å². The van der Waals surface area contributed by atoms with Crippen LogP contribution in [0.1, 0.15) is 42.1 Å². The lowest BCUT2D eigenvalue weighted by Gasteiger charge is -2.06. The Kier molecular flexibility index (Phi) is 4.96. The molecule has 1 aromatic carbocycles. The van der Waals surface area contributed by atoms with Gasteiger partial charge in [-0.3, -0.25) is 0 Å². The van der Waals surface area contributed by atoms with Crippen LogP contribution in [0.25, 0.3) is 0 Å². The largest absolute Gasteiger partial charge is 0.462 e. The minimum atomic E-state index is -0.367. The van der Waals surface area contributed by atoms with Crippen molar-refractivity contribution in [3.8, 4) is 0 Å². The number of halogens is 1. The van der Waals surface area contributed by atoms with E-state index in [0.29, 0.717) is 17.7 Å². The average molecular weight is 224 g/mol. The molecule has 1 aromatic rings. The van der Waals surface area contributed by atoms with Gasteiger partial charge in [0.1, 0.15) is 5.82 Å². The van der Waals surface area contributed by atoms with Gasteiger partial charge in [-0.15, -0.1) is 0 Å². The number of ether oxygens (including phenoxy) is 1. The Balaban J connectivity index is 2.53. The van der Waals surface area contributed by atoms with Crippen molar-refractivity contribution in [2.75, 3.05) is 6.61 Å². The second-order valence-corrected chi connectivity index (χ2v) is 3.80. The highest BCUT2D eigenvalue weighted by Gasteiger charge is 2.10. The lowest BCUT2D eigenvalue weighted by atomic mass is 10.1. The molecule has 3 heteroatoms. The van der Waals surface area contributed by atoms with Crippen LogP contribution in [0.5, 0.6) is 0 Å². The summed E-state index contributed by atoms with van der Waals surface area (Å²) in [4.78, 5) is 11.6. The first-order chi connectivity index (χ1) is 7.65. The highest BCUT2D eigenvalue weighted by atomic mass is 19.1. The van der Waals surface area contributed by atoms with Gasteiger partial charge in [-0.25, -0.2) is 9.18 Å². The predicted octanol–water partition coefficient (Wildman–Crippen LogP) is 3.48. The van der Waals surface area contributed by atoms with Crippen molar-refractivity contribution in [3.05, 3.63) is 35.1 Å². The second-order valence-electron chi connectivity index (χ2n) is 3.80. The first-order valence-corrected chi connectivity index (χ1v) is 5.58. The number of benzene rings is 1. The highest BCUT2D eigenvalue weighted by Crippen LogP contribution is 2.11. The summed E-state index contributed by atoms with van der Waals surface area (Å²) in [6.07, 6.45) is 3.02. The summed E-state index contributed by atoms with van der Waals surface area (Å²) in [5, 5.41) is 0. The summed E-state index contributed by atoms with van der Waals surface area (Å²) in [5.41, 5.74) is 1.05. The molecule has 0 aliphatic rings. The summed E-state index contributed by atoms with van der Waals surface area (Å²) in [7, 11) is 0. The van der Waals surface area contributed by atoms with Crippen LogP contribution in [0.4, 0.5) is 4.39 Å². The van der Waals surface area contributed by atoms with Gasteiger partial charge in [-0.05, 0) is 37.1 Å². The van der Waals surface area contributed by atoms with E-state index in [4.69, 9.17) is 4.74 Å². The van der Waals surface area contributed by atoms with Crippen LogP contribution in [-0.2, 0) is 4.74 Å². The van der Waals surface area contributed by atoms with Crippen molar-refractivity contribution in [3.63, 3.8) is 0 Å². The molecule has 1 rings (SSSR count). The van der Waals surface area contributed by atoms with Crippen molar-refractivity contribution < 1.29 is 13.9 Å². The first-order valence-electron chi connectivity index (χ1n) is 5.58. The second kappa shape index (κ2) is 6.26. The fourth-order valence-corrected chi connectivity index (χ4v) is 1.45. The summed E-state index contributed by atoms with van der Waals surface area (Å²) in [6, 6.07) is 4.07. The molecule has 2 nitrogen and oxygen atoms in total. The number of unbranched alkanes of at least 4 members (excludes halogenated alkanes) is 2. The molecule has 0 N–H and O–H groups in total. The molecule has 0 aliphatic heterocycles. The minimum Gasteiger partial charge on any atom is -0.462 e. The number of carbonyl (C=O) groups is 1. The van der Waals surface area contributed by atoms with Crippen LogP contribution < -0.4 is 0 Å². The number of rotatable bonds is 5. The minimum absolute atomic E-state index is 0.333. The van der Waals surface area contributed by atoms with Gasteiger partial charge < -0.3 is 4.74 Å². The molecular formula is C13H17FO2. The van der Waals surface area contributed by atoms with Gasteiger partial charge in [0.2, 0.25) is 0 Å². The third kappa shape index (κ3) is 3.65. The van der Waals surface area contributed by atoms with Crippen LogP contribution in [0.15, 0.2) is 18.2 Å². The van der Waals surface area contributed by atoms with Crippen LogP contribution in [0.3, 0.4) is 0 Å². The fraction of sp³-hybridized carbons (Fsp3) is 0.462. The summed E-state index contributed by atoms with van der Waals surface area (Å²) < 4.78 is 17.9. The van der Waals surface area contributed by atoms with Gasteiger partial charge in [0, 0.05) is 0 Å². The van der Waals surface area contributed by atoms with Crippen molar-refractivity contribution in [2.45, 2.75) is 33.1 Å². The number of hydrogen-bond acceptors (Lipinski definition) is 2. The summed E-state index contributed by atoms with van der Waals surface area (Å²) in [5.74, 6) is -0.700. The van der Waals surface area contributed by atoms with Crippen LogP contribution in [0, 0.1) is 12.7 Å². The maximum atomic E-state index is 12.8. The number of carbonyl (C=O) groups excluding carboxylic acids is 1. The summed E-state index contributed by atoms with van der Waals surface area (Å²) in [6.45, 7) is 4.22. The smallest absolute Gasteiger partial charge is 0.338 e. The topological polar surface area (TPSA) is 26.3 Å². The van der Waals surface area contributed by atoms with E-state index in [2.05, 4.69) is 6.92 Å². The third-order valence-electron chi connectivity index (χ3n) is 2.39. The van der Waals surface area contributed by atoms with E-state index < -0.39 is 0 Å². The van der Waals surface area contributed by atoms with Crippen LogP contribution >= 0.6 is 0 Å². The van der Waals surface area contributed by atoms with Crippen molar-refractivity contribution in [1.82, 2.24) is 0 Å². The molecule has 88 valence electrons. The Hall–Kier alpha value is -1.38. The van der Waals surface area contributed by atoms with E-state index in [1.54, 1.807) is 6.92 Å². The molecule has 0 aliphatic carbocycles. The fourth-order valence-electron chi connectivity index (χ4n) is 1.45. The normalized spacial score (nSPS) is 10.2. The maximum absolute atomic E-state index is 12.8. The Morgan fingerprint density at radius 1 is 1.38 bits per heavy atom. The van der Waals surface area contributed by atoms with E-state index in [1.807, 2.05) is 0 Å². The molecule has 0 aromatic heterocycles. The quantitative estimate of drug-likeness (QED) is 0.565. The zero-order valence-electron chi connectivity index (χ0n) is 9.75. The molecule has 0 saturated heterocycles. The van der Waals surface area contributed by atoms with Gasteiger partial charge in [0.25, 0.3) is 0 Å². The Bertz CT molecular complexity index is 361. The molecule has 16 heavy (non-hydrogen) atoms. The SMILES string of the molecule is CCCCCOC(=O)c1ccc(F)cc1C. The molecule has 0 bridgehead atoms. The van der Waals surface area contributed by atoms with Gasteiger partial charge in [-0.1, -0.05) is 19.8 Å². The molecule has 0 saturated carbocycles. The van der Waals surface area contributed by atoms with Gasteiger partial charge in [0.15, 0.2) is 0 Å². The molecule has 0 radical (unpaired) electrons. The number of esters is 1. The highest BCUT2D eigenvalue weighted by molar-refractivity contribution is 5.90. The Morgan fingerprint density at radius 3 is 2.75 bits per heavy atom. The van der Waals surface area contributed by atoms with E-state index >= 15 is 0 Å². The molecular weight excluding hydrogens is 207 g/mol. The third-order valence-corrected chi connectivity index (χ3v) is 2.39. The number of aryl methyl sites for hydroxylation is 1. The molecule has 0 atom stereocenters. The zero-order chi connectivity index (χ0) is 12.0. The van der Waals surface area contributed by atoms with Crippen LogP contribution in [0.2, 0.25) is 0 Å². The van der Waals surface area contributed by atoms with Gasteiger partial charge >= 0.3 is 5.97 Å². The molecule has 0 fully saturated rings. The lowest BCUT2D eigenvalue weighted by Crippen LogP contribution is -2.08. The lowest BCUT2D eigenvalue weighted by molar-refractivity contribution is 0.0497.